The van der Waals surface area contributed by atoms with Gasteiger partial charge in [-0.3, -0.25) is 4.79 Å². The lowest BCUT2D eigenvalue weighted by Gasteiger charge is -2.14. The van der Waals surface area contributed by atoms with Crippen LogP contribution >= 0.6 is 23.2 Å². The van der Waals surface area contributed by atoms with E-state index in [-0.39, 0.29) is 11.7 Å². The van der Waals surface area contributed by atoms with Gasteiger partial charge in [-0.2, -0.15) is 0 Å². The Kier molecular flexibility index (Phi) is 2.87. The highest BCUT2D eigenvalue weighted by atomic mass is 35.5. The summed E-state index contributed by atoms with van der Waals surface area (Å²) in [4.78, 5) is 12.0. The van der Waals surface area contributed by atoms with Crippen molar-refractivity contribution in [1.82, 2.24) is 0 Å². The molecule has 1 aromatic carbocycles. The zero-order chi connectivity index (χ0) is 12.8. The Morgan fingerprint density at radius 1 is 1.47 bits per heavy atom. The molecule has 1 saturated carbocycles. The van der Waals surface area contributed by atoms with Gasteiger partial charge in [-0.05, 0) is 32.4 Å². The van der Waals surface area contributed by atoms with Gasteiger partial charge in [-0.1, -0.05) is 6.07 Å². The molecule has 0 heterocycles. The Bertz CT molecular complexity index is 489. The van der Waals surface area contributed by atoms with Crippen LogP contribution in [0.15, 0.2) is 18.2 Å². The van der Waals surface area contributed by atoms with Gasteiger partial charge < -0.3 is 5.32 Å². The molecular formula is C12H12Cl2FNO. The van der Waals surface area contributed by atoms with E-state index in [1.165, 1.54) is 6.07 Å². The first-order chi connectivity index (χ1) is 7.78. The number of rotatable bonds is 2. The number of halogens is 3. The molecular weight excluding hydrogens is 264 g/mol. The van der Waals surface area contributed by atoms with Crippen molar-refractivity contribution in [2.24, 2.45) is 5.41 Å². The first-order valence-corrected chi connectivity index (χ1v) is 5.98. The maximum atomic E-state index is 13.3. The van der Waals surface area contributed by atoms with E-state index >= 15 is 0 Å². The highest BCUT2D eigenvalue weighted by molar-refractivity contribution is 6.53. The Morgan fingerprint density at radius 3 is 2.59 bits per heavy atom. The second kappa shape index (κ2) is 3.85. The molecule has 1 atom stereocenters. The molecule has 1 aromatic rings. The molecule has 1 N–H and O–H groups in total. The number of alkyl halides is 2. The third-order valence-corrected chi connectivity index (χ3v) is 4.38. The summed E-state index contributed by atoms with van der Waals surface area (Å²) >= 11 is 11.8. The Hall–Kier alpha value is -0.800. The average molecular weight is 276 g/mol. The van der Waals surface area contributed by atoms with Crippen molar-refractivity contribution >= 4 is 34.8 Å². The van der Waals surface area contributed by atoms with E-state index in [0.717, 1.165) is 0 Å². The molecule has 92 valence electrons. The van der Waals surface area contributed by atoms with Gasteiger partial charge in [0, 0.05) is 11.3 Å². The molecule has 0 aromatic heterocycles. The van der Waals surface area contributed by atoms with Crippen LogP contribution in [0.5, 0.6) is 0 Å². The molecule has 0 radical (unpaired) electrons. The summed E-state index contributed by atoms with van der Waals surface area (Å²) in [6.07, 6.45) is 0.406. The van der Waals surface area contributed by atoms with Gasteiger partial charge >= 0.3 is 0 Å². The maximum absolute atomic E-state index is 13.3. The highest BCUT2D eigenvalue weighted by Crippen LogP contribution is 2.64. The van der Waals surface area contributed by atoms with Gasteiger partial charge in [0.05, 0.1) is 5.41 Å². The van der Waals surface area contributed by atoms with Crippen LogP contribution in [0, 0.1) is 18.2 Å². The van der Waals surface area contributed by atoms with Crippen LogP contribution < -0.4 is 5.32 Å². The fourth-order valence-corrected chi connectivity index (χ4v) is 2.36. The summed E-state index contributed by atoms with van der Waals surface area (Å²) in [6.45, 7) is 3.30. The topological polar surface area (TPSA) is 29.1 Å². The van der Waals surface area contributed by atoms with E-state index in [4.69, 9.17) is 23.2 Å². The fraction of sp³-hybridized carbons (Fsp3) is 0.417. The van der Waals surface area contributed by atoms with E-state index < -0.39 is 9.75 Å². The minimum Gasteiger partial charge on any atom is -0.325 e. The lowest BCUT2D eigenvalue weighted by Crippen LogP contribution is -2.26. The number of carbonyl (C=O) groups excluding carboxylic acids is 1. The summed E-state index contributed by atoms with van der Waals surface area (Å²) in [6, 6.07) is 4.53. The number of benzene rings is 1. The van der Waals surface area contributed by atoms with Crippen LogP contribution in [-0.2, 0) is 4.79 Å². The first kappa shape index (κ1) is 12.7. The van der Waals surface area contributed by atoms with Crippen molar-refractivity contribution < 1.29 is 9.18 Å². The third kappa shape index (κ3) is 2.02. The van der Waals surface area contributed by atoms with Gasteiger partial charge in [-0.25, -0.2) is 4.39 Å². The molecule has 0 aliphatic heterocycles. The number of hydrogen-bond donors (Lipinski definition) is 1. The monoisotopic (exact) mass is 275 g/mol. The minimum atomic E-state index is -1.02. The molecule has 2 rings (SSSR count). The van der Waals surface area contributed by atoms with Gasteiger partial charge in [-0.15, -0.1) is 23.2 Å². The van der Waals surface area contributed by atoms with Gasteiger partial charge in [0.25, 0.3) is 0 Å². The van der Waals surface area contributed by atoms with Gasteiger partial charge in [0.15, 0.2) is 0 Å². The first-order valence-electron chi connectivity index (χ1n) is 5.22. The van der Waals surface area contributed by atoms with E-state index in [2.05, 4.69) is 5.32 Å². The van der Waals surface area contributed by atoms with Crippen LogP contribution in [0.2, 0.25) is 0 Å². The van der Waals surface area contributed by atoms with Crippen molar-refractivity contribution in [3.63, 3.8) is 0 Å². The Morgan fingerprint density at radius 2 is 2.06 bits per heavy atom. The summed E-state index contributed by atoms with van der Waals surface area (Å²) in [5.41, 5.74) is 0.0570. The largest absolute Gasteiger partial charge is 0.325 e. The lowest BCUT2D eigenvalue weighted by atomic mass is 10.1. The van der Waals surface area contributed by atoms with Gasteiger partial charge in [0.1, 0.15) is 10.2 Å². The van der Waals surface area contributed by atoms with Crippen LogP contribution in [0.25, 0.3) is 0 Å². The summed E-state index contributed by atoms with van der Waals surface area (Å²) in [7, 11) is 0. The normalized spacial score (nSPS) is 25.5. The number of nitrogens with one attached hydrogen (secondary N) is 1. The van der Waals surface area contributed by atoms with E-state index in [9.17, 15) is 9.18 Å². The van der Waals surface area contributed by atoms with E-state index in [0.29, 0.717) is 17.7 Å². The van der Waals surface area contributed by atoms with E-state index in [1.807, 2.05) is 0 Å². The molecule has 0 bridgehead atoms. The second-order valence-corrected chi connectivity index (χ2v) is 6.06. The SMILES string of the molecule is Cc1c(F)cccc1NC(=O)C1(C)CC1(Cl)Cl. The fourth-order valence-electron chi connectivity index (χ4n) is 1.65. The summed E-state index contributed by atoms with van der Waals surface area (Å²) in [5, 5.41) is 2.66. The molecule has 1 amide bonds. The summed E-state index contributed by atoms with van der Waals surface area (Å²) < 4.78 is 12.3. The lowest BCUT2D eigenvalue weighted by molar-refractivity contribution is -0.120. The molecule has 17 heavy (non-hydrogen) atoms. The molecule has 1 aliphatic carbocycles. The average Bonchev–Trinajstić information content (AvgIpc) is 2.75. The van der Waals surface area contributed by atoms with Crippen molar-refractivity contribution in [3.8, 4) is 0 Å². The van der Waals surface area contributed by atoms with Gasteiger partial charge in [0.2, 0.25) is 5.91 Å². The summed E-state index contributed by atoms with van der Waals surface area (Å²) in [5.74, 6) is -0.636. The van der Waals surface area contributed by atoms with E-state index in [1.54, 1.807) is 26.0 Å². The van der Waals surface area contributed by atoms with Crippen LogP contribution in [0.1, 0.15) is 18.9 Å². The predicted octanol–water partition coefficient (Wildman–Crippen LogP) is 3.66. The van der Waals surface area contributed by atoms with Crippen molar-refractivity contribution in [2.75, 3.05) is 5.32 Å². The second-order valence-electron chi connectivity index (χ2n) is 4.58. The standard InChI is InChI=1S/C12H12Cl2FNO/c1-7-8(15)4-3-5-9(7)16-10(17)11(2)6-12(11,13)14/h3-5H,6H2,1-2H3,(H,16,17). The number of anilines is 1. The Labute approximate surface area is 109 Å². The Balaban J connectivity index is 2.18. The quantitative estimate of drug-likeness (QED) is 0.821. The van der Waals surface area contributed by atoms with Crippen LogP contribution in [0.4, 0.5) is 10.1 Å². The van der Waals surface area contributed by atoms with Crippen LogP contribution in [0.3, 0.4) is 0 Å². The molecule has 2 nitrogen and oxygen atoms in total. The molecule has 1 unspecified atom stereocenters. The smallest absolute Gasteiger partial charge is 0.233 e. The number of amides is 1. The zero-order valence-corrected chi connectivity index (χ0v) is 11.0. The van der Waals surface area contributed by atoms with Crippen molar-refractivity contribution in [2.45, 2.75) is 24.6 Å². The molecule has 1 aliphatic rings. The molecule has 1 fully saturated rings. The van der Waals surface area contributed by atoms with Crippen molar-refractivity contribution in [1.29, 1.82) is 0 Å². The third-order valence-electron chi connectivity index (χ3n) is 3.27. The number of hydrogen-bond acceptors (Lipinski definition) is 1. The molecule has 0 spiro atoms. The predicted molar refractivity (Wildman–Crippen MR) is 66.9 cm³/mol. The zero-order valence-electron chi connectivity index (χ0n) is 9.48. The maximum Gasteiger partial charge on any atom is 0.233 e. The number of carbonyl (C=O) groups is 1. The molecule has 0 saturated heterocycles. The molecule has 5 heteroatoms. The minimum absolute atomic E-state index is 0.281. The van der Waals surface area contributed by atoms with Crippen LogP contribution in [-0.4, -0.2) is 10.2 Å². The van der Waals surface area contributed by atoms with Crippen molar-refractivity contribution in [3.05, 3.63) is 29.6 Å². The highest BCUT2D eigenvalue weighted by Gasteiger charge is 2.67.